The van der Waals surface area contributed by atoms with E-state index in [1.165, 1.54) is 11.3 Å². The van der Waals surface area contributed by atoms with Crippen molar-refractivity contribution in [2.75, 3.05) is 0 Å². The van der Waals surface area contributed by atoms with Gasteiger partial charge in [0.2, 0.25) is 0 Å². The zero-order valence-corrected chi connectivity index (χ0v) is 9.49. The van der Waals surface area contributed by atoms with Crippen molar-refractivity contribution < 1.29 is 9.90 Å². The number of nitrogens with one attached hydrogen (secondary N) is 1. The molecule has 0 aliphatic rings. The van der Waals surface area contributed by atoms with Crippen molar-refractivity contribution in [2.24, 2.45) is 0 Å². The minimum atomic E-state index is -0.991. The number of aromatic nitrogens is 2. The molecule has 5 heteroatoms. The number of H-pyrrole nitrogens is 1. The van der Waals surface area contributed by atoms with Gasteiger partial charge in [-0.3, -0.25) is 0 Å². The first kappa shape index (κ1) is 10.0. The Kier molecular flexibility index (Phi) is 2.19. The van der Waals surface area contributed by atoms with Crippen molar-refractivity contribution in [3.05, 3.63) is 41.5 Å². The van der Waals surface area contributed by atoms with Gasteiger partial charge in [-0.25, -0.2) is 9.78 Å². The van der Waals surface area contributed by atoms with Crippen molar-refractivity contribution in [1.82, 2.24) is 9.97 Å². The van der Waals surface area contributed by atoms with Gasteiger partial charge in [-0.1, -0.05) is 0 Å². The number of aromatic carboxylic acids is 1. The van der Waals surface area contributed by atoms with Crippen LogP contribution in [0.15, 0.2) is 35.8 Å². The van der Waals surface area contributed by atoms with Crippen LogP contribution in [0.25, 0.3) is 21.5 Å². The normalized spacial score (nSPS) is 10.8. The summed E-state index contributed by atoms with van der Waals surface area (Å²) in [4.78, 5) is 17.9. The number of carboxylic acid groups (broad SMARTS) is 1. The van der Waals surface area contributed by atoms with Crippen LogP contribution in [0.1, 0.15) is 10.5 Å². The van der Waals surface area contributed by atoms with Crippen LogP contribution >= 0.6 is 11.3 Å². The number of carboxylic acids is 1. The molecule has 0 aliphatic carbocycles. The summed E-state index contributed by atoms with van der Waals surface area (Å²) in [5.41, 5.74) is 2.09. The molecule has 17 heavy (non-hydrogen) atoms. The lowest BCUT2D eigenvalue weighted by molar-refractivity contribution is 0.0691. The molecule has 0 bridgehead atoms. The number of hydrogen-bond acceptors (Lipinski definition) is 3. The molecule has 2 aromatic heterocycles. The summed E-state index contributed by atoms with van der Waals surface area (Å²) in [6.45, 7) is 0. The van der Waals surface area contributed by atoms with E-state index in [1.54, 1.807) is 5.38 Å². The topological polar surface area (TPSA) is 66.0 Å². The van der Waals surface area contributed by atoms with Gasteiger partial charge in [-0.05, 0) is 24.3 Å². The van der Waals surface area contributed by atoms with Gasteiger partial charge in [0.15, 0.2) is 5.69 Å². The van der Waals surface area contributed by atoms with E-state index < -0.39 is 5.97 Å². The largest absolute Gasteiger partial charge is 0.476 e. The highest BCUT2D eigenvalue weighted by Crippen LogP contribution is 2.26. The van der Waals surface area contributed by atoms with Gasteiger partial charge in [0.05, 0.1) is 0 Å². The van der Waals surface area contributed by atoms with E-state index in [1.807, 2.05) is 30.5 Å². The van der Waals surface area contributed by atoms with Crippen LogP contribution in [0.3, 0.4) is 0 Å². The molecule has 1 aromatic carbocycles. The fourth-order valence-electron chi connectivity index (χ4n) is 1.69. The molecule has 0 fully saturated rings. The molecule has 0 atom stereocenters. The summed E-state index contributed by atoms with van der Waals surface area (Å²) in [7, 11) is 0. The fourth-order valence-corrected chi connectivity index (χ4v) is 2.48. The van der Waals surface area contributed by atoms with E-state index in [0.717, 1.165) is 21.5 Å². The van der Waals surface area contributed by atoms with Crippen LogP contribution in [0.5, 0.6) is 0 Å². The molecule has 0 saturated heterocycles. The maximum absolute atomic E-state index is 10.8. The van der Waals surface area contributed by atoms with Crippen LogP contribution in [0.4, 0.5) is 0 Å². The van der Waals surface area contributed by atoms with Gasteiger partial charge in [0.1, 0.15) is 5.01 Å². The molecule has 0 spiro atoms. The Morgan fingerprint density at radius 2 is 2.24 bits per heavy atom. The lowest BCUT2D eigenvalue weighted by Crippen LogP contribution is -1.95. The second kappa shape index (κ2) is 3.71. The van der Waals surface area contributed by atoms with Gasteiger partial charge in [-0.15, -0.1) is 11.3 Å². The zero-order valence-electron chi connectivity index (χ0n) is 8.68. The van der Waals surface area contributed by atoms with Gasteiger partial charge < -0.3 is 10.1 Å². The number of carbonyl (C=O) groups is 1. The van der Waals surface area contributed by atoms with Crippen molar-refractivity contribution in [3.8, 4) is 10.6 Å². The average molecular weight is 244 g/mol. The van der Waals surface area contributed by atoms with E-state index in [0.29, 0.717) is 0 Å². The predicted octanol–water partition coefficient (Wildman–Crippen LogP) is 2.99. The summed E-state index contributed by atoms with van der Waals surface area (Å²) < 4.78 is 0. The number of aromatic amines is 1. The number of fused-ring (bicyclic) bond motifs is 1. The second-order valence-electron chi connectivity index (χ2n) is 3.62. The van der Waals surface area contributed by atoms with E-state index in [4.69, 9.17) is 5.11 Å². The minimum absolute atomic E-state index is 0.0964. The summed E-state index contributed by atoms with van der Waals surface area (Å²) in [6, 6.07) is 7.87. The van der Waals surface area contributed by atoms with Crippen LogP contribution in [0.2, 0.25) is 0 Å². The van der Waals surface area contributed by atoms with Crippen molar-refractivity contribution in [1.29, 1.82) is 0 Å². The highest BCUT2D eigenvalue weighted by molar-refractivity contribution is 7.13. The summed E-state index contributed by atoms with van der Waals surface area (Å²) in [5, 5.41) is 12.2. The lowest BCUT2D eigenvalue weighted by atomic mass is 10.2. The Hall–Kier alpha value is -2.14. The SMILES string of the molecule is O=C(O)c1csc(-c2ccc3[nH]ccc3c2)n1. The van der Waals surface area contributed by atoms with Crippen LogP contribution in [-0.2, 0) is 0 Å². The highest BCUT2D eigenvalue weighted by Gasteiger charge is 2.10. The Bertz CT molecular complexity index is 699. The number of thiazole rings is 1. The third-order valence-electron chi connectivity index (χ3n) is 2.52. The summed E-state index contributed by atoms with van der Waals surface area (Å²) >= 11 is 1.34. The maximum Gasteiger partial charge on any atom is 0.355 e. The second-order valence-corrected chi connectivity index (χ2v) is 4.48. The van der Waals surface area contributed by atoms with E-state index in [-0.39, 0.29) is 5.69 Å². The smallest absolute Gasteiger partial charge is 0.355 e. The molecule has 2 heterocycles. The molecule has 84 valence electrons. The van der Waals surface area contributed by atoms with E-state index >= 15 is 0 Å². The van der Waals surface area contributed by atoms with Crippen LogP contribution < -0.4 is 0 Å². The molecule has 3 aromatic rings. The standard InChI is InChI=1S/C12H8N2O2S/c15-12(16)10-6-17-11(14-10)8-1-2-9-7(5-8)3-4-13-9/h1-6,13H,(H,15,16). The molecule has 2 N–H and O–H groups in total. The Balaban J connectivity index is 2.09. The van der Waals surface area contributed by atoms with E-state index in [2.05, 4.69) is 9.97 Å². The third kappa shape index (κ3) is 1.70. The van der Waals surface area contributed by atoms with Gasteiger partial charge in [0.25, 0.3) is 0 Å². The minimum Gasteiger partial charge on any atom is -0.476 e. The van der Waals surface area contributed by atoms with Gasteiger partial charge in [0, 0.05) is 28.0 Å². The summed E-state index contributed by atoms with van der Waals surface area (Å²) in [5.74, 6) is -0.991. The Morgan fingerprint density at radius 3 is 3.00 bits per heavy atom. The average Bonchev–Trinajstić information content (AvgIpc) is 2.97. The number of hydrogen-bond donors (Lipinski definition) is 2. The molecule has 3 rings (SSSR count). The molecule has 0 aliphatic heterocycles. The maximum atomic E-state index is 10.8. The van der Waals surface area contributed by atoms with Gasteiger partial charge in [-0.2, -0.15) is 0 Å². The lowest BCUT2D eigenvalue weighted by Gasteiger charge is -1.96. The van der Waals surface area contributed by atoms with Crippen LogP contribution in [-0.4, -0.2) is 21.0 Å². The predicted molar refractivity (Wildman–Crippen MR) is 66.4 cm³/mol. The number of rotatable bonds is 2. The molecular formula is C12H8N2O2S. The van der Waals surface area contributed by atoms with E-state index in [9.17, 15) is 4.79 Å². The molecule has 0 unspecified atom stereocenters. The monoisotopic (exact) mass is 244 g/mol. The first-order valence-electron chi connectivity index (χ1n) is 5.00. The molecular weight excluding hydrogens is 236 g/mol. The fraction of sp³-hybridized carbons (Fsp3) is 0. The number of benzene rings is 1. The molecule has 0 saturated carbocycles. The van der Waals surface area contributed by atoms with Gasteiger partial charge >= 0.3 is 5.97 Å². The summed E-state index contributed by atoms with van der Waals surface area (Å²) in [6.07, 6.45) is 1.87. The van der Waals surface area contributed by atoms with Crippen LogP contribution in [0, 0.1) is 0 Å². The zero-order chi connectivity index (χ0) is 11.8. The quantitative estimate of drug-likeness (QED) is 0.728. The first-order valence-corrected chi connectivity index (χ1v) is 5.88. The first-order chi connectivity index (χ1) is 8.24. The third-order valence-corrected chi connectivity index (χ3v) is 3.41. The van der Waals surface area contributed by atoms with Crippen molar-refractivity contribution >= 4 is 28.2 Å². The van der Waals surface area contributed by atoms with Crippen molar-refractivity contribution in [2.45, 2.75) is 0 Å². The number of nitrogens with zero attached hydrogens (tertiary/aromatic N) is 1. The molecule has 4 nitrogen and oxygen atoms in total. The van der Waals surface area contributed by atoms with Crippen molar-refractivity contribution in [3.63, 3.8) is 0 Å². The highest BCUT2D eigenvalue weighted by atomic mass is 32.1. The Labute approximate surface area is 101 Å². The molecule has 0 radical (unpaired) electrons. The Morgan fingerprint density at radius 1 is 1.35 bits per heavy atom. The molecule has 0 amide bonds.